The molecule has 1 atom stereocenters. The van der Waals surface area contributed by atoms with Gasteiger partial charge in [0.05, 0.1) is 6.54 Å². The van der Waals surface area contributed by atoms with Gasteiger partial charge in [0.15, 0.2) is 5.96 Å². The molecule has 1 unspecified atom stereocenters. The molecule has 26 heavy (non-hydrogen) atoms. The molecular weight excluding hydrogens is 328 g/mol. The highest BCUT2D eigenvalue weighted by molar-refractivity contribution is 5.85. The average Bonchev–Trinajstić information content (AvgIpc) is 3.10. The lowest BCUT2D eigenvalue weighted by atomic mass is 10.2. The van der Waals surface area contributed by atoms with E-state index in [2.05, 4.69) is 15.6 Å². The predicted octanol–water partition coefficient (Wildman–Crippen LogP) is 2.33. The first-order chi connectivity index (χ1) is 12.4. The Morgan fingerprint density at radius 3 is 2.73 bits per heavy atom. The number of benzene rings is 1. The Labute approximate surface area is 157 Å². The van der Waals surface area contributed by atoms with E-state index in [9.17, 15) is 4.79 Å². The Morgan fingerprint density at radius 1 is 1.35 bits per heavy atom. The van der Waals surface area contributed by atoms with Crippen LogP contribution in [0.5, 0.6) is 5.75 Å². The first kappa shape index (κ1) is 20.1. The second-order valence-corrected chi connectivity index (χ2v) is 7.20. The molecule has 0 aliphatic heterocycles. The topological polar surface area (TPSA) is 66.0 Å². The molecule has 144 valence electrons. The number of nitrogens with one attached hydrogen (secondary N) is 2. The number of nitrogens with zero attached hydrogens (tertiary/aromatic N) is 2. The first-order valence-electron chi connectivity index (χ1n) is 9.42. The Balaban J connectivity index is 1.89. The fourth-order valence-corrected chi connectivity index (χ4v) is 2.91. The highest BCUT2D eigenvalue weighted by Gasteiger charge is 2.17. The van der Waals surface area contributed by atoms with Gasteiger partial charge in [0.1, 0.15) is 18.4 Å². The molecule has 1 aliphatic rings. The standard InChI is InChI=1S/C20H32N4O2/c1-15-8-7-11-18(12-15)26-16(2)13-21-20(22-14-19(25)24(3)4)23-17-9-5-6-10-17/h7-8,11-12,16-17H,5-6,9-10,13-14H2,1-4H3,(H2,21,22,23). The van der Waals surface area contributed by atoms with Gasteiger partial charge >= 0.3 is 0 Å². The van der Waals surface area contributed by atoms with Crippen molar-refractivity contribution in [2.24, 2.45) is 4.99 Å². The van der Waals surface area contributed by atoms with Crippen LogP contribution < -0.4 is 15.4 Å². The normalized spacial score (nSPS) is 16.2. The molecule has 1 aromatic rings. The third kappa shape index (κ3) is 6.94. The van der Waals surface area contributed by atoms with E-state index < -0.39 is 0 Å². The van der Waals surface area contributed by atoms with E-state index in [1.54, 1.807) is 19.0 Å². The van der Waals surface area contributed by atoms with Crippen LogP contribution in [0.15, 0.2) is 29.3 Å². The number of likely N-dealkylation sites (N-methyl/N-ethyl adjacent to an activating group) is 1. The number of carbonyl (C=O) groups excluding carboxylic acids is 1. The second-order valence-electron chi connectivity index (χ2n) is 7.20. The van der Waals surface area contributed by atoms with Gasteiger partial charge in [-0.3, -0.25) is 4.79 Å². The predicted molar refractivity (Wildman–Crippen MR) is 106 cm³/mol. The van der Waals surface area contributed by atoms with Crippen molar-refractivity contribution >= 4 is 11.9 Å². The molecule has 0 saturated heterocycles. The van der Waals surface area contributed by atoms with Crippen LogP contribution in [0.1, 0.15) is 38.2 Å². The lowest BCUT2D eigenvalue weighted by Gasteiger charge is -2.21. The SMILES string of the molecule is Cc1cccc(OC(C)CNC(=NCC(=O)N(C)C)NC2CCCC2)c1. The van der Waals surface area contributed by atoms with Gasteiger partial charge < -0.3 is 20.3 Å². The molecule has 1 fully saturated rings. The average molecular weight is 361 g/mol. The van der Waals surface area contributed by atoms with Crippen LogP contribution in [-0.4, -0.2) is 56.1 Å². The van der Waals surface area contributed by atoms with Crippen molar-refractivity contribution in [2.75, 3.05) is 27.2 Å². The van der Waals surface area contributed by atoms with E-state index in [1.165, 1.54) is 18.4 Å². The van der Waals surface area contributed by atoms with Crippen molar-refractivity contribution in [3.63, 3.8) is 0 Å². The van der Waals surface area contributed by atoms with Gasteiger partial charge in [-0.2, -0.15) is 0 Å². The van der Waals surface area contributed by atoms with Gasteiger partial charge in [0.25, 0.3) is 0 Å². The molecule has 0 radical (unpaired) electrons. The number of aryl methyl sites for hydroxylation is 1. The van der Waals surface area contributed by atoms with E-state index >= 15 is 0 Å². The van der Waals surface area contributed by atoms with Crippen LogP contribution in [0.3, 0.4) is 0 Å². The van der Waals surface area contributed by atoms with Crippen molar-refractivity contribution in [1.82, 2.24) is 15.5 Å². The zero-order valence-corrected chi connectivity index (χ0v) is 16.4. The van der Waals surface area contributed by atoms with Gasteiger partial charge in [-0.05, 0) is 44.4 Å². The zero-order chi connectivity index (χ0) is 18.9. The molecule has 0 spiro atoms. The molecular formula is C20H32N4O2. The van der Waals surface area contributed by atoms with Crippen LogP contribution in [-0.2, 0) is 4.79 Å². The third-order valence-corrected chi connectivity index (χ3v) is 4.45. The van der Waals surface area contributed by atoms with Crippen LogP contribution in [0.25, 0.3) is 0 Å². The summed E-state index contributed by atoms with van der Waals surface area (Å²) in [4.78, 5) is 17.8. The van der Waals surface area contributed by atoms with Gasteiger partial charge in [0.2, 0.25) is 5.91 Å². The van der Waals surface area contributed by atoms with Gasteiger partial charge in [0, 0.05) is 20.1 Å². The van der Waals surface area contributed by atoms with Crippen LogP contribution in [0, 0.1) is 6.92 Å². The summed E-state index contributed by atoms with van der Waals surface area (Å²) in [5, 5.41) is 6.77. The van der Waals surface area contributed by atoms with Gasteiger partial charge in [-0.15, -0.1) is 0 Å². The quantitative estimate of drug-likeness (QED) is 0.579. The number of guanidine groups is 1. The second kappa shape index (κ2) is 10.0. The molecule has 6 heteroatoms. The zero-order valence-electron chi connectivity index (χ0n) is 16.4. The molecule has 2 N–H and O–H groups in total. The Kier molecular flexibility index (Phi) is 7.75. The highest BCUT2D eigenvalue weighted by Crippen LogP contribution is 2.17. The summed E-state index contributed by atoms with van der Waals surface area (Å²) in [6.45, 7) is 4.83. The molecule has 1 saturated carbocycles. The molecule has 1 aliphatic carbocycles. The maximum absolute atomic E-state index is 11.8. The maximum atomic E-state index is 11.8. The molecule has 1 aromatic carbocycles. The summed E-state index contributed by atoms with van der Waals surface area (Å²) >= 11 is 0. The molecule has 0 bridgehead atoms. The number of ether oxygens (including phenoxy) is 1. The molecule has 0 aromatic heterocycles. The van der Waals surface area contributed by atoms with Crippen LogP contribution >= 0.6 is 0 Å². The minimum absolute atomic E-state index is 0.0124. The number of hydrogen-bond donors (Lipinski definition) is 2. The summed E-state index contributed by atoms with van der Waals surface area (Å²) in [6.07, 6.45) is 4.77. The summed E-state index contributed by atoms with van der Waals surface area (Å²) in [6, 6.07) is 8.46. The van der Waals surface area contributed by atoms with Gasteiger partial charge in [-0.1, -0.05) is 25.0 Å². The summed E-state index contributed by atoms with van der Waals surface area (Å²) < 4.78 is 5.96. The largest absolute Gasteiger partial charge is 0.489 e. The van der Waals surface area contributed by atoms with E-state index in [-0.39, 0.29) is 18.6 Å². The fraction of sp³-hybridized carbons (Fsp3) is 0.600. The van der Waals surface area contributed by atoms with Crippen LogP contribution in [0.4, 0.5) is 0 Å². The van der Waals surface area contributed by atoms with E-state index in [0.717, 1.165) is 18.6 Å². The van der Waals surface area contributed by atoms with Gasteiger partial charge in [-0.25, -0.2) is 4.99 Å². The number of rotatable bonds is 7. The Morgan fingerprint density at radius 2 is 2.08 bits per heavy atom. The molecule has 0 heterocycles. The Bertz CT molecular complexity index is 610. The minimum atomic E-state index is -0.0167. The van der Waals surface area contributed by atoms with E-state index in [4.69, 9.17) is 4.74 Å². The number of aliphatic imine (C=N–C) groups is 1. The van der Waals surface area contributed by atoms with E-state index in [0.29, 0.717) is 18.5 Å². The maximum Gasteiger partial charge on any atom is 0.243 e. The highest BCUT2D eigenvalue weighted by atomic mass is 16.5. The van der Waals surface area contributed by atoms with Crippen molar-refractivity contribution in [3.8, 4) is 5.75 Å². The first-order valence-corrected chi connectivity index (χ1v) is 9.42. The number of carbonyl (C=O) groups is 1. The molecule has 1 amide bonds. The van der Waals surface area contributed by atoms with Crippen molar-refractivity contribution < 1.29 is 9.53 Å². The van der Waals surface area contributed by atoms with Crippen molar-refractivity contribution in [3.05, 3.63) is 29.8 Å². The van der Waals surface area contributed by atoms with Crippen LogP contribution in [0.2, 0.25) is 0 Å². The number of amides is 1. The third-order valence-electron chi connectivity index (χ3n) is 4.45. The molecule has 2 rings (SSSR count). The Hall–Kier alpha value is -2.24. The van der Waals surface area contributed by atoms with Crippen molar-refractivity contribution in [1.29, 1.82) is 0 Å². The molecule has 6 nitrogen and oxygen atoms in total. The lowest BCUT2D eigenvalue weighted by Crippen LogP contribution is -2.46. The lowest BCUT2D eigenvalue weighted by molar-refractivity contribution is -0.127. The monoisotopic (exact) mass is 360 g/mol. The summed E-state index contributed by atoms with van der Waals surface area (Å²) in [7, 11) is 3.49. The number of hydrogen-bond acceptors (Lipinski definition) is 3. The summed E-state index contributed by atoms with van der Waals surface area (Å²) in [5.41, 5.74) is 1.18. The summed E-state index contributed by atoms with van der Waals surface area (Å²) in [5.74, 6) is 1.54. The minimum Gasteiger partial charge on any atom is -0.489 e. The van der Waals surface area contributed by atoms with Crippen molar-refractivity contribution in [2.45, 2.75) is 51.7 Å². The fourth-order valence-electron chi connectivity index (χ4n) is 2.91. The smallest absolute Gasteiger partial charge is 0.243 e. The van der Waals surface area contributed by atoms with E-state index in [1.807, 2.05) is 38.1 Å².